The molecule has 0 saturated heterocycles. The van der Waals surface area contributed by atoms with Crippen molar-refractivity contribution in [3.8, 4) is 0 Å². The van der Waals surface area contributed by atoms with Crippen molar-refractivity contribution < 1.29 is 80.8 Å². The summed E-state index contributed by atoms with van der Waals surface area (Å²) in [6.07, 6.45) is 0. The molecule has 0 saturated carbocycles. The Labute approximate surface area is 105 Å². The number of hydrogen-bond acceptors (Lipinski definition) is 2. The van der Waals surface area contributed by atoms with Crippen molar-refractivity contribution in [2.24, 2.45) is 0 Å². The molecule has 0 radical (unpaired) electrons. The van der Waals surface area contributed by atoms with E-state index in [0.717, 1.165) is 0 Å². The van der Waals surface area contributed by atoms with Gasteiger partial charge in [0.05, 0.1) is 0 Å². The molecule has 0 rings (SSSR count). The van der Waals surface area contributed by atoms with Gasteiger partial charge in [-0.3, -0.25) is 0 Å². The molecule has 0 N–H and O–H groups in total. The predicted octanol–water partition coefficient (Wildman–Crippen LogP) is -2.97. The number of hydrogen-bond donors (Lipinski definition) is 0. The van der Waals surface area contributed by atoms with Crippen LogP contribution in [0.1, 0.15) is 20.8 Å². The van der Waals surface area contributed by atoms with Gasteiger partial charge >= 0.3 is 75.7 Å². The fourth-order valence-electron chi connectivity index (χ4n) is 0. The second-order valence-electron chi connectivity index (χ2n) is 2.11. The maximum atomic E-state index is 10.1. The van der Waals surface area contributed by atoms with Crippen LogP contribution in [0.25, 0.3) is 0 Å². The minimum absolute atomic E-state index is 0. The van der Waals surface area contributed by atoms with E-state index >= 15 is 0 Å². The zero-order valence-corrected chi connectivity index (χ0v) is 10.2. The Morgan fingerprint density at radius 1 is 1.25 bits per heavy atom. The molecule has 0 bridgehead atoms. The molecule has 0 aliphatic carbocycles. The molecular weight excluding hydrogens is 227 g/mol. The van der Waals surface area contributed by atoms with Gasteiger partial charge in [-0.25, -0.2) is 0 Å². The Morgan fingerprint density at radius 2 is 1.25 bits per heavy atom. The van der Waals surface area contributed by atoms with Gasteiger partial charge in [-0.1, -0.05) is 20.8 Å². The van der Waals surface area contributed by atoms with Crippen molar-refractivity contribution in [1.82, 2.24) is 0 Å². The average molecular weight is 236 g/mol. The monoisotopic (exact) mass is 235 g/mol. The van der Waals surface area contributed by atoms with Gasteiger partial charge in [-0.2, -0.15) is 0 Å². The Balaban J connectivity index is -0.0000000750. The molecule has 0 aliphatic rings. The van der Waals surface area contributed by atoms with Crippen molar-refractivity contribution in [2.45, 2.75) is 26.4 Å². The van der Waals surface area contributed by atoms with Crippen LogP contribution in [0.4, 0.5) is 0 Å². The third kappa shape index (κ3) is 90.8. The minimum atomic E-state index is -0.750. The second-order valence-corrected chi connectivity index (χ2v) is 2.11. The first-order valence-corrected chi connectivity index (χ1v) is 2.43. The van der Waals surface area contributed by atoms with E-state index in [9.17, 15) is 5.11 Å². The molecular formula is C4H9AgKO2. The predicted molar refractivity (Wildman–Crippen MR) is 20.4 cm³/mol. The molecule has 0 unspecified atom stereocenters. The first-order valence-electron chi connectivity index (χ1n) is 1.83. The van der Waals surface area contributed by atoms with Crippen LogP contribution in [-0.4, -0.2) is 5.60 Å². The molecule has 0 amide bonds. The molecule has 49 valence electrons. The molecule has 2 nitrogen and oxygen atoms in total. The summed E-state index contributed by atoms with van der Waals surface area (Å²) in [5.74, 6) is 0. The average Bonchev–Trinajstić information content (AvgIpc) is 1.36. The zero-order valence-electron chi connectivity index (χ0n) is 5.62. The summed E-state index contributed by atoms with van der Waals surface area (Å²) in [7, 11) is 0. The molecule has 0 atom stereocenters. The van der Waals surface area contributed by atoms with Gasteiger partial charge in [0.15, 0.2) is 0 Å². The molecule has 0 spiro atoms. The van der Waals surface area contributed by atoms with Gasteiger partial charge in [0.2, 0.25) is 0 Å². The van der Waals surface area contributed by atoms with E-state index in [1.54, 1.807) is 41.8 Å². The van der Waals surface area contributed by atoms with Crippen LogP contribution < -0.4 is 56.5 Å². The van der Waals surface area contributed by atoms with Gasteiger partial charge in [-0.15, -0.1) is 5.60 Å². The van der Waals surface area contributed by atoms with Gasteiger partial charge in [-0.05, 0) is 0 Å². The van der Waals surface area contributed by atoms with Crippen LogP contribution in [-0.2, 0) is 24.3 Å². The summed E-state index contributed by atoms with van der Waals surface area (Å²) in [6.45, 7) is 4.90. The Kier molecular flexibility index (Phi) is 19.0. The normalized spacial score (nSPS) is 8.25. The Hall–Kier alpha value is 2.14. The van der Waals surface area contributed by atoms with Crippen molar-refractivity contribution in [3.63, 3.8) is 0 Å². The van der Waals surface area contributed by atoms with Crippen LogP contribution in [0.15, 0.2) is 0 Å². The first kappa shape index (κ1) is 16.6. The summed E-state index contributed by atoms with van der Waals surface area (Å²) in [4.78, 5) is 0. The fourth-order valence-corrected chi connectivity index (χ4v) is 0. The summed E-state index contributed by atoms with van der Waals surface area (Å²) in [6, 6.07) is 0. The van der Waals surface area contributed by atoms with Crippen LogP contribution in [0.3, 0.4) is 0 Å². The van der Waals surface area contributed by atoms with Crippen LogP contribution >= 0.6 is 0 Å². The van der Waals surface area contributed by atoms with E-state index in [1.807, 2.05) is 0 Å². The standard InChI is InChI=1S/C4H9O.Ag.K.O/c1-4(2,3)5;;;/h1-3H3;;;/q-1;;+1;. The van der Waals surface area contributed by atoms with Gasteiger partial charge < -0.3 is 5.11 Å². The zero-order chi connectivity index (χ0) is 6.50. The Bertz CT molecular complexity index is 37.8. The van der Waals surface area contributed by atoms with Crippen LogP contribution in [0.2, 0.25) is 0 Å². The molecule has 0 aromatic rings. The van der Waals surface area contributed by atoms with Gasteiger partial charge in [0.1, 0.15) is 0 Å². The van der Waals surface area contributed by atoms with E-state index in [0.29, 0.717) is 0 Å². The molecule has 0 aromatic carbocycles. The SMILES string of the molecule is CC(C)(C)[O-].[K+].[O]=[Ag]. The summed E-state index contributed by atoms with van der Waals surface area (Å²) >= 11 is 1.70. The molecule has 0 heterocycles. The van der Waals surface area contributed by atoms with E-state index in [2.05, 4.69) is 0 Å². The van der Waals surface area contributed by atoms with Crippen molar-refractivity contribution in [2.75, 3.05) is 0 Å². The quantitative estimate of drug-likeness (QED) is 0.421. The first-order chi connectivity index (χ1) is 3.00. The molecule has 4 heteroatoms. The third-order valence-electron chi connectivity index (χ3n) is 0. The molecule has 0 fully saturated rings. The topological polar surface area (TPSA) is 40.1 Å². The molecule has 0 aliphatic heterocycles. The second kappa shape index (κ2) is 9.14. The number of rotatable bonds is 0. The summed E-state index contributed by atoms with van der Waals surface area (Å²) in [5, 5.41) is 10.1. The summed E-state index contributed by atoms with van der Waals surface area (Å²) < 4.78 is 8.06. The Morgan fingerprint density at radius 3 is 1.25 bits per heavy atom. The van der Waals surface area contributed by atoms with E-state index in [4.69, 9.17) is 3.25 Å². The van der Waals surface area contributed by atoms with E-state index in [1.165, 1.54) is 0 Å². The summed E-state index contributed by atoms with van der Waals surface area (Å²) in [5.41, 5.74) is -0.750. The van der Waals surface area contributed by atoms with Crippen LogP contribution in [0, 0.1) is 0 Å². The third-order valence-corrected chi connectivity index (χ3v) is 0. The van der Waals surface area contributed by atoms with Crippen molar-refractivity contribution in [1.29, 1.82) is 0 Å². The maximum absolute atomic E-state index is 10.1. The van der Waals surface area contributed by atoms with E-state index < -0.39 is 5.60 Å². The fraction of sp³-hybridized carbons (Fsp3) is 1.00. The van der Waals surface area contributed by atoms with E-state index in [-0.39, 0.29) is 51.4 Å². The molecule has 0 aromatic heterocycles. The van der Waals surface area contributed by atoms with Gasteiger partial charge in [0, 0.05) is 0 Å². The molecule has 8 heavy (non-hydrogen) atoms. The van der Waals surface area contributed by atoms with Crippen molar-refractivity contribution >= 4 is 0 Å². The van der Waals surface area contributed by atoms with Gasteiger partial charge in [0.25, 0.3) is 0 Å². The van der Waals surface area contributed by atoms with Crippen molar-refractivity contribution in [3.05, 3.63) is 0 Å². The van der Waals surface area contributed by atoms with Crippen LogP contribution in [0.5, 0.6) is 0 Å².